The number of carboxylic acids is 1. The maximum Gasteiger partial charge on any atom is 0.323 e. The lowest BCUT2D eigenvalue weighted by molar-refractivity contribution is -0.145. The number of nitrogens with one attached hydrogen (secondary N) is 1. The molecule has 0 bridgehead atoms. The first-order valence-corrected chi connectivity index (χ1v) is 6.12. The lowest BCUT2D eigenvalue weighted by Crippen LogP contribution is -2.50. The molecule has 0 spiro atoms. The van der Waals surface area contributed by atoms with Gasteiger partial charge in [-0.15, -0.1) is 0 Å². The standard InChI is InChI=1S/C12H26N2O3/c1-5-12(13-2,11(15)16)7-6-8-14(3)9-10-17-4/h13H,5-10H2,1-4H3,(H,15,16). The zero-order valence-corrected chi connectivity index (χ0v) is 11.5. The Morgan fingerprint density at radius 2 is 2.12 bits per heavy atom. The third-order valence-electron chi connectivity index (χ3n) is 3.31. The van der Waals surface area contributed by atoms with Crippen molar-refractivity contribution in [3.05, 3.63) is 0 Å². The van der Waals surface area contributed by atoms with Gasteiger partial charge >= 0.3 is 5.97 Å². The molecule has 0 heterocycles. The molecule has 0 aromatic rings. The van der Waals surface area contributed by atoms with Gasteiger partial charge in [-0.1, -0.05) is 6.92 Å². The molecule has 0 aliphatic rings. The summed E-state index contributed by atoms with van der Waals surface area (Å²) in [5.41, 5.74) is -0.776. The summed E-state index contributed by atoms with van der Waals surface area (Å²) < 4.78 is 4.99. The van der Waals surface area contributed by atoms with Gasteiger partial charge < -0.3 is 20.1 Å². The summed E-state index contributed by atoms with van der Waals surface area (Å²) in [5, 5.41) is 12.2. The molecule has 1 unspecified atom stereocenters. The van der Waals surface area contributed by atoms with Crippen molar-refractivity contribution in [2.75, 3.05) is 40.9 Å². The fourth-order valence-corrected chi connectivity index (χ4v) is 1.85. The number of likely N-dealkylation sites (N-methyl/N-ethyl adjacent to an activating group) is 2. The van der Waals surface area contributed by atoms with Crippen molar-refractivity contribution >= 4 is 5.97 Å². The molecule has 5 heteroatoms. The highest BCUT2D eigenvalue weighted by atomic mass is 16.5. The van der Waals surface area contributed by atoms with Crippen LogP contribution in [0.2, 0.25) is 0 Å². The van der Waals surface area contributed by atoms with E-state index >= 15 is 0 Å². The monoisotopic (exact) mass is 246 g/mol. The Bertz CT molecular complexity index is 218. The topological polar surface area (TPSA) is 61.8 Å². The highest BCUT2D eigenvalue weighted by Crippen LogP contribution is 2.17. The van der Waals surface area contributed by atoms with Gasteiger partial charge in [-0.05, 0) is 39.9 Å². The van der Waals surface area contributed by atoms with Crippen LogP contribution in [0.25, 0.3) is 0 Å². The number of ether oxygens (including phenoxy) is 1. The molecular formula is C12H26N2O3. The van der Waals surface area contributed by atoms with Gasteiger partial charge in [-0.3, -0.25) is 4.79 Å². The fourth-order valence-electron chi connectivity index (χ4n) is 1.85. The second-order valence-electron chi connectivity index (χ2n) is 4.39. The van der Waals surface area contributed by atoms with E-state index in [-0.39, 0.29) is 0 Å². The third kappa shape index (κ3) is 5.48. The number of aliphatic carboxylic acids is 1. The SMILES string of the molecule is CCC(CCCN(C)CCOC)(NC)C(=O)O. The minimum absolute atomic E-state index is 0.598. The van der Waals surface area contributed by atoms with Crippen molar-refractivity contribution in [1.29, 1.82) is 0 Å². The van der Waals surface area contributed by atoms with Crippen molar-refractivity contribution in [3.8, 4) is 0 Å². The zero-order valence-electron chi connectivity index (χ0n) is 11.5. The van der Waals surface area contributed by atoms with Crippen molar-refractivity contribution in [2.45, 2.75) is 31.7 Å². The molecule has 5 nitrogen and oxygen atoms in total. The summed E-state index contributed by atoms with van der Waals surface area (Å²) in [4.78, 5) is 13.4. The summed E-state index contributed by atoms with van der Waals surface area (Å²) in [6.45, 7) is 4.38. The third-order valence-corrected chi connectivity index (χ3v) is 3.31. The molecule has 0 fully saturated rings. The van der Waals surface area contributed by atoms with E-state index in [0.29, 0.717) is 19.4 Å². The van der Waals surface area contributed by atoms with Crippen molar-refractivity contribution in [3.63, 3.8) is 0 Å². The maximum atomic E-state index is 11.2. The lowest BCUT2D eigenvalue weighted by Gasteiger charge is -2.28. The van der Waals surface area contributed by atoms with Gasteiger partial charge in [-0.25, -0.2) is 0 Å². The molecular weight excluding hydrogens is 220 g/mol. The van der Waals surface area contributed by atoms with E-state index in [2.05, 4.69) is 10.2 Å². The van der Waals surface area contributed by atoms with E-state index in [0.717, 1.165) is 19.5 Å². The van der Waals surface area contributed by atoms with Crippen LogP contribution in [0.3, 0.4) is 0 Å². The van der Waals surface area contributed by atoms with Crippen LogP contribution in [0.15, 0.2) is 0 Å². The molecule has 0 amide bonds. The van der Waals surface area contributed by atoms with Gasteiger partial charge in [0.05, 0.1) is 6.61 Å². The summed E-state index contributed by atoms with van der Waals surface area (Å²) in [5.74, 6) is -0.762. The maximum absolute atomic E-state index is 11.2. The smallest absolute Gasteiger partial charge is 0.323 e. The minimum Gasteiger partial charge on any atom is -0.480 e. The molecule has 0 saturated heterocycles. The number of nitrogens with zero attached hydrogens (tertiary/aromatic N) is 1. The Morgan fingerprint density at radius 3 is 2.53 bits per heavy atom. The predicted octanol–water partition coefficient (Wildman–Crippen LogP) is 0.798. The lowest BCUT2D eigenvalue weighted by atomic mass is 9.90. The quantitative estimate of drug-likeness (QED) is 0.597. The van der Waals surface area contributed by atoms with E-state index in [1.54, 1.807) is 14.2 Å². The average Bonchev–Trinajstić information content (AvgIpc) is 2.32. The zero-order chi connectivity index (χ0) is 13.3. The summed E-state index contributed by atoms with van der Waals surface area (Å²) in [6, 6.07) is 0. The van der Waals surface area contributed by atoms with Crippen LogP contribution in [0.1, 0.15) is 26.2 Å². The number of carbonyl (C=O) groups is 1. The van der Waals surface area contributed by atoms with Gasteiger partial charge in [0.15, 0.2) is 0 Å². The van der Waals surface area contributed by atoms with Crippen LogP contribution < -0.4 is 5.32 Å². The summed E-state index contributed by atoms with van der Waals surface area (Å²) in [6.07, 6.45) is 2.11. The molecule has 0 radical (unpaired) electrons. The first-order chi connectivity index (χ1) is 8.02. The minimum atomic E-state index is -0.776. The van der Waals surface area contributed by atoms with Crippen molar-refractivity contribution in [1.82, 2.24) is 10.2 Å². The van der Waals surface area contributed by atoms with Crippen LogP contribution in [-0.4, -0.2) is 62.4 Å². The van der Waals surface area contributed by atoms with Gasteiger partial charge in [0.1, 0.15) is 5.54 Å². The van der Waals surface area contributed by atoms with Gasteiger partial charge in [-0.2, -0.15) is 0 Å². The van der Waals surface area contributed by atoms with Crippen LogP contribution >= 0.6 is 0 Å². The Kier molecular flexibility index (Phi) is 8.12. The predicted molar refractivity (Wildman–Crippen MR) is 68.3 cm³/mol. The molecule has 0 saturated carbocycles. The molecule has 102 valence electrons. The van der Waals surface area contributed by atoms with E-state index < -0.39 is 11.5 Å². The molecule has 0 rings (SSSR count). The first kappa shape index (κ1) is 16.4. The van der Waals surface area contributed by atoms with Crippen molar-refractivity contribution in [2.24, 2.45) is 0 Å². The Labute approximate surface area is 104 Å². The first-order valence-electron chi connectivity index (χ1n) is 6.12. The molecule has 0 aromatic heterocycles. The molecule has 2 N–H and O–H groups in total. The number of hydrogen-bond acceptors (Lipinski definition) is 4. The van der Waals surface area contributed by atoms with E-state index in [1.165, 1.54) is 0 Å². The van der Waals surface area contributed by atoms with Crippen LogP contribution in [0.5, 0.6) is 0 Å². The van der Waals surface area contributed by atoms with Crippen LogP contribution in [-0.2, 0) is 9.53 Å². The van der Waals surface area contributed by atoms with Gasteiger partial charge in [0.2, 0.25) is 0 Å². The second kappa shape index (κ2) is 8.44. The molecule has 17 heavy (non-hydrogen) atoms. The highest BCUT2D eigenvalue weighted by Gasteiger charge is 2.34. The van der Waals surface area contributed by atoms with Crippen LogP contribution in [0, 0.1) is 0 Å². The Hall–Kier alpha value is -0.650. The molecule has 1 atom stereocenters. The molecule has 0 aliphatic carbocycles. The summed E-state index contributed by atoms with van der Waals surface area (Å²) in [7, 11) is 5.42. The second-order valence-corrected chi connectivity index (χ2v) is 4.39. The van der Waals surface area contributed by atoms with Gasteiger partial charge in [0, 0.05) is 13.7 Å². The Morgan fingerprint density at radius 1 is 1.47 bits per heavy atom. The highest BCUT2D eigenvalue weighted by molar-refractivity contribution is 5.78. The molecule has 0 aliphatic heterocycles. The molecule has 0 aromatic carbocycles. The van der Waals surface area contributed by atoms with E-state index in [9.17, 15) is 9.90 Å². The van der Waals surface area contributed by atoms with E-state index in [4.69, 9.17) is 4.74 Å². The number of carboxylic acid groups (broad SMARTS) is 1. The number of methoxy groups -OCH3 is 1. The number of rotatable bonds is 10. The number of hydrogen-bond donors (Lipinski definition) is 2. The van der Waals surface area contributed by atoms with Crippen molar-refractivity contribution < 1.29 is 14.6 Å². The fraction of sp³-hybridized carbons (Fsp3) is 0.917. The van der Waals surface area contributed by atoms with Gasteiger partial charge in [0.25, 0.3) is 0 Å². The largest absolute Gasteiger partial charge is 0.480 e. The van der Waals surface area contributed by atoms with E-state index in [1.807, 2.05) is 14.0 Å². The summed E-state index contributed by atoms with van der Waals surface area (Å²) >= 11 is 0. The van der Waals surface area contributed by atoms with Crippen LogP contribution in [0.4, 0.5) is 0 Å². The normalized spacial score (nSPS) is 14.9. The Balaban J connectivity index is 4.02. The average molecular weight is 246 g/mol.